The van der Waals surface area contributed by atoms with Crippen LogP contribution in [0.3, 0.4) is 0 Å². The summed E-state index contributed by atoms with van der Waals surface area (Å²) in [6.45, 7) is 8.33. The van der Waals surface area contributed by atoms with E-state index in [0.717, 1.165) is 0 Å². The highest BCUT2D eigenvalue weighted by molar-refractivity contribution is 7.84. The second-order valence-corrected chi connectivity index (χ2v) is 2.52. The third kappa shape index (κ3) is 1.80. The van der Waals surface area contributed by atoms with E-state index in [9.17, 15) is 0 Å². The van der Waals surface area contributed by atoms with Crippen molar-refractivity contribution in [2.45, 2.75) is 0 Å². The first-order chi connectivity index (χ1) is 5.25. The maximum absolute atomic E-state index is 5.25. The maximum Gasteiger partial charge on any atom is 0.173 e. The van der Waals surface area contributed by atoms with E-state index in [0.29, 0.717) is 29.6 Å². The molecule has 0 aromatic rings. The number of allylic oxidation sites excluding steroid dienone is 1. The lowest BCUT2D eigenvalue weighted by Gasteiger charge is -2.20. The summed E-state index contributed by atoms with van der Waals surface area (Å²) < 4.78 is 10.4. The molecule has 0 bridgehead atoms. The Morgan fingerprint density at radius 1 is 1.45 bits per heavy atom. The Balaban J connectivity index is 2.83. The van der Waals surface area contributed by atoms with Crippen LogP contribution in [0.2, 0.25) is 0 Å². The molecule has 1 aliphatic rings. The Bertz CT molecular complexity index is 218. The van der Waals surface area contributed by atoms with E-state index in [-0.39, 0.29) is 0 Å². The van der Waals surface area contributed by atoms with E-state index >= 15 is 0 Å². The van der Waals surface area contributed by atoms with Crippen LogP contribution in [0.5, 0.6) is 0 Å². The van der Waals surface area contributed by atoms with Crippen LogP contribution < -0.4 is 0 Å². The predicted octanol–water partition coefficient (Wildman–Crippen LogP) is 1.87. The lowest BCUT2D eigenvalue weighted by Crippen LogP contribution is -2.13. The van der Waals surface area contributed by atoms with Crippen molar-refractivity contribution in [3.63, 3.8) is 0 Å². The van der Waals surface area contributed by atoms with Crippen LogP contribution in [0.1, 0.15) is 0 Å². The van der Waals surface area contributed by atoms with Crippen LogP contribution in [0, 0.1) is 0 Å². The molecule has 0 amide bonds. The van der Waals surface area contributed by atoms with Crippen molar-refractivity contribution < 1.29 is 9.47 Å². The molecule has 0 saturated carbocycles. The minimum absolute atomic E-state index is 0.529. The van der Waals surface area contributed by atoms with Crippen molar-refractivity contribution >= 4 is 12.6 Å². The SMILES string of the molecule is C=C/C(S)=C1\OCCOC1=C. The summed E-state index contributed by atoms with van der Waals surface area (Å²) in [6, 6.07) is 0. The predicted molar refractivity (Wildman–Crippen MR) is 47.3 cm³/mol. The van der Waals surface area contributed by atoms with Gasteiger partial charge in [0.05, 0.1) is 0 Å². The molecule has 1 aliphatic heterocycles. The van der Waals surface area contributed by atoms with Gasteiger partial charge in [-0.1, -0.05) is 19.2 Å². The van der Waals surface area contributed by atoms with Gasteiger partial charge in [-0.15, -0.1) is 12.6 Å². The molecule has 0 atom stereocenters. The first kappa shape index (κ1) is 8.27. The van der Waals surface area contributed by atoms with Gasteiger partial charge >= 0.3 is 0 Å². The van der Waals surface area contributed by atoms with Gasteiger partial charge in [-0.05, 0) is 0 Å². The number of thiol groups is 1. The summed E-state index contributed by atoms with van der Waals surface area (Å²) in [6.07, 6.45) is 1.60. The average molecular weight is 170 g/mol. The minimum Gasteiger partial charge on any atom is -0.487 e. The first-order valence-corrected chi connectivity index (χ1v) is 3.71. The highest BCUT2D eigenvalue weighted by Gasteiger charge is 2.13. The molecule has 0 radical (unpaired) electrons. The number of hydrogen-bond donors (Lipinski definition) is 1. The third-order valence-electron chi connectivity index (χ3n) is 1.29. The Kier molecular flexibility index (Phi) is 2.65. The summed E-state index contributed by atoms with van der Waals surface area (Å²) in [5, 5.41) is 0. The molecule has 1 rings (SSSR count). The maximum atomic E-state index is 5.25. The lowest BCUT2D eigenvalue weighted by molar-refractivity contribution is 0.0602. The highest BCUT2D eigenvalue weighted by Crippen LogP contribution is 2.22. The van der Waals surface area contributed by atoms with Crippen molar-refractivity contribution in [1.29, 1.82) is 0 Å². The van der Waals surface area contributed by atoms with Crippen LogP contribution >= 0.6 is 12.6 Å². The van der Waals surface area contributed by atoms with Crippen molar-refractivity contribution in [3.05, 3.63) is 35.7 Å². The van der Waals surface area contributed by atoms with Gasteiger partial charge in [0.15, 0.2) is 11.5 Å². The van der Waals surface area contributed by atoms with Gasteiger partial charge in [0.1, 0.15) is 13.2 Å². The van der Waals surface area contributed by atoms with Crippen molar-refractivity contribution in [1.82, 2.24) is 0 Å². The van der Waals surface area contributed by atoms with Crippen LogP contribution in [0.4, 0.5) is 0 Å². The largest absolute Gasteiger partial charge is 0.487 e. The van der Waals surface area contributed by atoms with Gasteiger partial charge in [-0.2, -0.15) is 0 Å². The standard InChI is InChI=1S/C8H10O2S/c1-3-7(11)8-6(2)9-4-5-10-8/h3,11H,1-2,4-5H2/b8-7+. The molecule has 0 aliphatic carbocycles. The van der Waals surface area contributed by atoms with Crippen molar-refractivity contribution in [2.75, 3.05) is 13.2 Å². The molecule has 0 aromatic heterocycles. The zero-order valence-electron chi connectivity index (χ0n) is 6.17. The molecule has 0 spiro atoms. The zero-order valence-corrected chi connectivity index (χ0v) is 7.06. The van der Waals surface area contributed by atoms with Gasteiger partial charge in [-0.3, -0.25) is 0 Å². The van der Waals surface area contributed by atoms with E-state index in [2.05, 4.69) is 25.8 Å². The van der Waals surface area contributed by atoms with Crippen LogP contribution in [0.25, 0.3) is 0 Å². The smallest absolute Gasteiger partial charge is 0.173 e. The quantitative estimate of drug-likeness (QED) is 0.606. The van der Waals surface area contributed by atoms with Crippen LogP contribution in [-0.2, 0) is 9.47 Å². The fourth-order valence-electron chi connectivity index (χ4n) is 0.764. The van der Waals surface area contributed by atoms with Gasteiger partial charge in [0.2, 0.25) is 0 Å². The average Bonchev–Trinajstić information content (AvgIpc) is 2.04. The minimum atomic E-state index is 0.529. The topological polar surface area (TPSA) is 18.5 Å². The molecule has 1 heterocycles. The molecule has 3 heteroatoms. The monoisotopic (exact) mass is 170 g/mol. The molecular weight excluding hydrogens is 160 g/mol. The second-order valence-electron chi connectivity index (χ2n) is 2.04. The molecule has 1 saturated heterocycles. The van der Waals surface area contributed by atoms with Gasteiger partial charge in [0.25, 0.3) is 0 Å². The van der Waals surface area contributed by atoms with Crippen LogP contribution in [0.15, 0.2) is 35.7 Å². The Labute approximate surface area is 71.6 Å². The summed E-state index contributed by atoms with van der Waals surface area (Å²) in [5.74, 6) is 1.12. The molecule has 60 valence electrons. The second kappa shape index (κ2) is 3.53. The Morgan fingerprint density at radius 3 is 2.64 bits per heavy atom. The molecule has 0 N–H and O–H groups in total. The van der Waals surface area contributed by atoms with Gasteiger partial charge in [-0.25, -0.2) is 0 Å². The summed E-state index contributed by atoms with van der Waals surface area (Å²) in [7, 11) is 0. The van der Waals surface area contributed by atoms with E-state index in [1.54, 1.807) is 6.08 Å². The van der Waals surface area contributed by atoms with Gasteiger partial charge < -0.3 is 9.47 Å². The lowest BCUT2D eigenvalue weighted by atomic mass is 10.3. The molecule has 0 unspecified atom stereocenters. The summed E-state index contributed by atoms with van der Waals surface area (Å²) >= 11 is 4.13. The van der Waals surface area contributed by atoms with Gasteiger partial charge in [0, 0.05) is 4.91 Å². The number of ether oxygens (including phenoxy) is 2. The zero-order chi connectivity index (χ0) is 8.27. The van der Waals surface area contributed by atoms with E-state index in [1.807, 2.05) is 0 Å². The highest BCUT2D eigenvalue weighted by atomic mass is 32.1. The molecule has 1 fully saturated rings. The summed E-state index contributed by atoms with van der Waals surface area (Å²) in [5.41, 5.74) is 0. The van der Waals surface area contributed by atoms with E-state index in [1.165, 1.54) is 0 Å². The molecule has 0 aromatic carbocycles. The molecule has 11 heavy (non-hydrogen) atoms. The van der Waals surface area contributed by atoms with Crippen molar-refractivity contribution in [3.8, 4) is 0 Å². The Morgan fingerprint density at radius 2 is 2.09 bits per heavy atom. The Hall–Kier alpha value is -0.830. The fraction of sp³-hybridized carbons (Fsp3) is 0.250. The third-order valence-corrected chi connectivity index (χ3v) is 1.67. The van der Waals surface area contributed by atoms with Crippen LogP contribution in [-0.4, -0.2) is 13.2 Å². The first-order valence-electron chi connectivity index (χ1n) is 3.26. The normalized spacial score (nSPS) is 21.7. The molecular formula is C8H10O2S. The number of rotatable bonds is 1. The molecule has 2 nitrogen and oxygen atoms in total. The number of hydrogen-bond acceptors (Lipinski definition) is 3. The fourth-order valence-corrected chi connectivity index (χ4v) is 0.953. The van der Waals surface area contributed by atoms with E-state index in [4.69, 9.17) is 9.47 Å². The van der Waals surface area contributed by atoms with Crippen molar-refractivity contribution in [2.24, 2.45) is 0 Å². The summed E-state index contributed by atoms with van der Waals surface area (Å²) in [4.78, 5) is 0.662. The van der Waals surface area contributed by atoms with E-state index < -0.39 is 0 Å².